The number of amides is 2. The number of halogens is 2. The van der Waals surface area contributed by atoms with E-state index in [-0.39, 0.29) is 35.4 Å². The molecule has 0 unspecified atom stereocenters. The van der Waals surface area contributed by atoms with Gasteiger partial charge in [-0.2, -0.15) is 0 Å². The molecular weight excluding hydrogens is 379 g/mol. The van der Waals surface area contributed by atoms with E-state index in [0.717, 1.165) is 11.1 Å². The van der Waals surface area contributed by atoms with Gasteiger partial charge in [-0.05, 0) is 38.0 Å². The summed E-state index contributed by atoms with van der Waals surface area (Å²) >= 11 is 6.09. The molecular formula is C22H26ClFN2O2. The summed E-state index contributed by atoms with van der Waals surface area (Å²) < 4.78 is 14.2. The van der Waals surface area contributed by atoms with Crippen molar-refractivity contribution in [3.8, 4) is 0 Å². The maximum Gasteiger partial charge on any atom is 0.242 e. The Morgan fingerprint density at radius 2 is 1.82 bits per heavy atom. The predicted molar refractivity (Wildman–Crippen MR) is 110 cm³/mol. The molecule has 0 radical (unpaired) electrons. The Balaban J connectivity index is 2.33. The van der Waals surface area contributed by atoms with Crippen molar-refractivity contribution in [1.29, 1.82) is 0 Å². The fourth-order valence-electron chi connectivity index (χ4n) is 3.06. The highest BCUT2D eigenvalue weighted by Crippen LogP contribution is 2.22. The van der Waals surface area contributed by atoms with E-state index in [4.69, 9.17) is 11.6 Å². The van der Waals surface area contributed by atoms with Crippen molar-refractivity contribution < 1.29 is 14.0 Å². The van der Waals surface area contributed by atoms with Crippen LogP contribution in [-0.2, 0) is 22.6 Å². The van der Waals surface area contributed by atoms with Gasteiger partial charge in [-0.15, -0.1) is 0 Å². The zero-order valence-corrected chi connectivity index (χ0v) is 17.2. The van der Waals surface area contributed by atoms with Crippen molar-refractivity contribution in [2.45, 2.75) is 46.2 Å². The molecule has 0 spiro atoms. The van der Waals surface area contributed by atoms with Gasteiger partial charge in [0.25, 0.3) is 0 Å². The first-order valence-electron chi connectivity index (χ1n) is 9.42. The van der Waals surface area contributed by atoms with E-state index >= 15 is 0 Å². The molecule has 1 N–H and O–H groups in total. The molecule has 0 aliphatic rings. The SMILES string of the molecule is CCNC(=O)[C@H](CC)N(Cc1ccc(C)cc1)C(=O)Cc1c(F)cccc1Cl. The van der Waals surface area contributed by atoms with E-state index in [2.05, 4.69) is 5.32 Å². The number of hydrogen-bond donors (Lipinski definition) is 1. The normalized spacial score (nSPS) is 11.8. The van der Waals surface area contributed by atoms with Gasteiger partial charge >= 0.3 is 0 Å². The van der Waals surface area contributed by atoms with E-state index in [1.165, 1.54) is 17.0 Å². The molecule has 0 saturated carbocycles. The number of hydrogen-bond acceptors (Lipinski definition) is 2. The Bertz CT molecular complexity index is 804. The van der Waals surface area contributed by atoms with Crippen molar-refractivity contribution in [3.63, 3.8) is 0 Å². The van der Waals surface area contributed by atoms with Crippen LogP contribution in [0.15, 0.2) is 42.5 Å². The van der Waals surface area contributed by atoms with Crippen molar-refractivity contribution in [3.05, 3.63) is 70.0 Å². The number of benzene rings is 2. The predicted octanol–water partition coefficient (Wildman–Crippen LogP) is 4.27. The molecule has 28 heavy (non-hydrogen) atoms. The zero-order valence-electron chi connectivity index (χ0n) is 16.5. The maximum absolute atomic E-state index is 14.2. The molecule has 1 atom stereocenters. The molecule has 150 valence electrons. The number of likely N-dealkylation sites (N-methyl/N-ethyl adjacent to an activating group) is 1. The second-order valence-electron chi connectivity index (χ2n) is 6.70. The van der Waals surface area contributed by atoms with Gasteiger partial charge in [-0.1, -0.05) is 54.4 Å². The minimum Gasteiger partial charge on any atom is -0.355 e. The van der Waals surface area contributed by atoms with Gasteiger partial charge in [0.15, 0.2) is 0 Å². The van der Waals surface area contributed by atoms with Gasteiger partial charge in [-0.25, -0.2) is 4.39 Å². The van der Waals surface area contributed by atoms with Crippen molar-refractivity contribution in [2.24, 2.45) is 0 Å². The summed E-state index contributed by atoms with van der Waals surface area (Å²) in [6.07, 6.45) is 0.252. The third kappa shape index (κ3) is 5.55. The van der Waals surface area contributed by atoms with Crippen LogP contribution in [0, 0.1) is 12.7 Å². The number of nitrogens with zero attached hydrogens (tertiary/aromatic N) is 1. The van der Waals surface area contributed by atoms with E-state index < -0.39 is 11.9 Å². The Labute approximate surface area is 170 Å². The minimum absolute atomic E-state index is 0.147. The Morgan fingerprint density at radius 3 is 2.39 bits per heavy atom. The minimum atomic E-state index is -0.640. The van der Waals surface area contributed by atoms with Crippen LogP contribution in [0.5, 0.6) is 0 Å². The lowest BCUT2D eigenvalue weighted by atomic mass is 10.1. The molecule has 0 bridgehead atoms. The lowest BCUT2D eigenvalue weighted by Crippen LogP contribution is -2.49. The number of nitrogens with one attached hydrogen (secondary N) is 1. The van der Waals surface area contributed by atoms with Crippen molar-refractivity contribution in [1.82, 2.24) is 10.2 Å². The first kappa shape index (κ1) is 21.9. The Morgan fingerprint density at radius 1 is 1.14 bits per heavy atom. The Hall–Kier alpha value is -2.40. The molecule has 6 heteroatoms. The lowest BCUT2D eigenvalue weighted by Gasteiger charge is -2.31. The molecule has 0 aliphatic carbocycles. The van der Waals surface area contributed by atoms with Crippen molar-refractivity contribution in [2.75, 3.05) is 6.54 Å². The molecule has 0 fully saturated rings. The average Bonchev–Trinajstić information content (AvgIpc) is 2.66. The summed E-state index contributed by atoms with van der Waals surface area (Å²) in [5, 5.41) is 2.98. The van der Waals surface area contributed by atoms with Crippen LogP contribution >= 0.6 is 11.6 Å². The van der Waals surface area contributed by atoms with Crippen LogP contribution in [0.1, 0.15) is 37.0 Å². The summed E-state index contributed by atoms with van der Waals surface area (Å²) in [7, 11) is 0. The number of carbonyl (C=O) groups is 2. The molecule has 0 saturated heterocycles. The Kier molecular flexibility index (Phi) is 8.00. The van der Waals surface area contributed by atoms with Gasteiger partial charge in [0.05, 0.1) is 6.42 Å². The average molecular weight is 405 g/mol. The molecule has 4 nitrogen and oxygen atoms in total. The molecule has 0 heterocycles. The molecule has 2 rings (SSSR count). The van der Waals surface area contributed by atoms with Gasteiger partial charge in [0.1, 0.15) is 11.9 Å². The molecule has 2 amide bonds. The van der Waals surface area contributed by atoms with Crippen molar-refractivity contribution >= 4 is 23.4 Å². The van der Waals surface area contributed by atoms with Gasteiger partial charge in [-0.3, -0.25) is 9.59 Å². The number of aryl methyl sites for hydroxylation is 1. The van der Waals surface area contributed by atoms with Crippen LogP contribution in [0.2, 0.25) is 5.02 Å². The second kappa shape index (κ2) is 10.2. The molecule has 0 aromatic heterocycles. The fourth-order valence-corrected chi connectivity index (χ4v) is 3.29. The first-order chi connectivity index (χ1) is 13.4. The monoisotopic (exact) mass is 404 g/mol. The van der Waals surface area contributed by atoms with Crippen LogP contribution in [-0.4, -0.2) is 29.3 Å². The van der Waals surface area contributed by atoms with Crippen LogP contribution in [0.25, 0.3) is 0 Å². The van der Waals surface area contributed by atoms with Crippen LogP contribution < -0.4 is 5.32 Å². The number of carbonyl (C=O) groups excluding carboxylic acids is 2. The summed E-state index contributed by atoms with van der Waals surface area (Å²) in [4.78, 5) is 27.2. The summed E-state index contributed by atoms with van der Waals surface area (Å²) in [5.41, 5.74) is 2.16. The van der Waals surface area contributed by atoms with Gasteiger partial charge in [0, 0.05) is 23.7 Å². The van der Waals surface area contributed by atoms with E-state index in [9.17, 15) is 14.0 Å². The summed E-state index contributed by atoms with van der Waals surface area (Å²) in [6, 6.07) is 11.5. The second-order valence-corrected chi connectivity index (χ2v) is 7.11. The summed E-state index contributed by atoms with van der Waals surface area (Å²) in [5.74, 6) is -1.09. The highest BCUT2D eigenvalue weighted by molar-refractivity contribution is 6.31. The lowest BCUT2D eigenvalue weighted by molar-refractivity contribution is -0.140. The zero-order chi connectivity index (χ0) is 20.7. The molecule has 0 aliphatic heterocycles. The molecule has 2 aromatic rings. The van der Waals surface area contributed by atoms with Crippen LogP contribution in [0.4, 0.5) is 4.39 Å². The highest BCUT2D eigenvalue weighted by Gasteiger charge is 2.29. The quantitative estimate of drug-likeness (QED) is 0.714. The van der Waals surface area contributed by atoms with E-state index in [0.29, 0.717) is 13.0 Å². The van der Waals surface area contributed by atoms with Crippen LogP contribution in [0.3, 0.4) is 0 Å². The molecule has 2 aromatic carbocycles. The third-order valence-corrected chi connectivity index (χ3v) is 4.95. The standard InChI is InChI=1S/C22H26ClFN2O2/c1-4-20(22(28)25-5-2)26(14-16-11-9-15(3)10-12-16)21(27)13-17-18(23)7-6-8-19(17)24/h6-12,20H,4-5,13-14H2,1-3H3,(H,25,28)/t20-/m0/s1. The van der Waals surface area contributed by atoms with E-state index in [1.54, 1.807) is 6.07 Å². The highest BCUT2D eigenvalue weighted by atomic mass is 35.5. The van der Waals surface area contributed by atoms with E-state index in [1.807, 2.05) is 45.0 Å². The maximum atomic E-state index is 14.2. The first-order valence-corrected chi connectivity index (χ1v) is 9.80. The smallest absolute Gasteiger partial charge is 0.242 e. The number of rotatable bonds is 8. The van der Waals surface area contributed by atoms with Gasteiger partial charge in [0.2, 0.25) is 11.8 Å². The topological polar surface area (TPSA) is 49.4 Å². The van der Waals surface area contributed by atoms with Gasteiger partial charge < -0.3 is 10.2 Å². The fraction of sp³-hybridized carbons (Fsp3) is 0.364. The summed E-state index contributed by atoms with van der Waals surface area (Å²) in [6.45, 7) is 6.40. The largest absolute Gasteiger partial charge is 0.355 e. The third-order valence-electron chi connectivity index (χ3n) is 4.60.